The predicted octanol–water partition coefficient (Wildman–Crippen LogP) is 4.91. The molecule has 1 aliphatic carbocycles. The van der Waals surface area contributed by atoms with Crippen LogP contribution in [0.2, 0.25) is 0 Å². The number of aryl methyl sites for hydroxylation is 1. The van der Waals surface area contributed by atoms with Crippen molar-refractivity contribution in [3.63, 3.8) is 0 Å². The van der Waals surface area contributed by atoms with E-state index in [-0.39, 0.29) is 6.42 Å². The maximum Gasteiger partial charge on any atom is 0.303 e. The van der Waals surface area contributed by atoms with Crippen LogP contribution < -0.4 is 4.74 Å². The Bertz CT molecular complexity index is 827. The number of carboxylic acids is 1. The van der Waals surface area contributed by atoms with E-state index in [1.165, 1.54) is 7.11 Å². The second kappa shape index (κ2) is 12.0. The van der Waals surface area contributed by atoms with Crippen molar-refractivity contribution < 1.29 is 24.2 Å². The fourth-order valence-electron chi connectivity index (χ4n) is 3.81. The van der Waals surface area contributed by atoms with Gasteiger partial charge in [-0.05, 0) is 78.9 Å². The average molecular weight is 426 g/mol. The number of rotatable bonds is 10. The smallest absolute Gasteiger partial charge is 0.303 e. The molecule has 0 aromatic heterocycles. The zero-order valence-corrected chi connectivity index (χ0v) is 18.0. The Morgan fingerprint density at radius 2 is 1.61 bits per heavy atom. The number of carbonyl (C=O) groups is 1. The molecule has 2 aromatic carbocycles. The van der Waals surface area contributed by atoms with Gasteiger partial charge in [-0.25, -0.2) is 0 Å². The Morgan fingerprint density at radius 3 is 2.23 bits per heavy atom. The largest absolute Gasteiger partial charge is 0.493 e. The monoisotopic (exact) mass is 425 g/mol. The molecule has 31 heavy (non-hydrogen) atoms. The van der Waals surface area contributed by atoms with Gasteiger partial charge in [0.25, 0.3) is 5.90 Å². The van der Waals surface area contributed by atoms with Crippen LogP contribution in [0.5, 0.6) is 5.75 Å². The zero-order chi connectivity index (χ0) is 21.9. The molecular weight excluding hydrogens is 394 g/mol. The molecule has 0 unspecified atom stereocenters. The van der Waals surface area contributed by atoms with Crippen LogP contribution in [-0.2, 0) is 20.8 Å². The summed E-state index contributed by atoms with van der Waals surface area (Å²) in [5.74, 6) is 1.65. The normalized spacial score (nSPS) is 18.9. The number of carboxylic acid groups (broad SMARTS) is 1. The lowest BCUT2D eigenvalue weighted by Crippen LogP contribution is -2.24. The van der Waals surface area contributed by atoms with Crippen molar-refractivity contribution >= 4 is 11.9 Å². The molecule has 6 heteroatoms. The van der Waals surface area contributed by atoms with E-state index in [0.29, 0.717) is 37.4 Å². The van der Waals surface area contributed by atoms with E-state index >= 15 is 0 Å². The van der Waals surface area contributed by atoms with E-state index in [0.717, 1.165) is 42.6 Å². The summed E-state index contributed by atoms with van der Waals surface area (Å²) in [5.41, 5.74) is 1.93. The van der Waals surface area contributed by atoms with Gasteiger partial charge in [0.1, 0.15) is 12.9 Å². The molecule has 0 heterocycles. The van der Waals surface area contributed by atoms with Crippen molar-refractivity contribution in [2.75, 3.05) is 20.3 Å². The molecule has 0 radical (unpaired) electrons. The van der Waals surface area contributed by atoms with Crippen LogP contribution in [-0.4, -0.2) is 37.3 Å². The van der Waals surface area contributed by atoms with Crippen molar-refractivity contribution in [3.8, 4) is 5.75 Å². The number of oxime groups is 1. The molecule has 2 aromatic rings. The average Bonchev–Trinajstić information content (AvgIpc) is 2.81. The molecule has 166 valence electrons. The van der Waals surface area contributed by atoms with Crippen LogP contribution in [0.15, 0.2) is 59.8 Å². The first-order chi connectivity index (χ1) is 15.1. The second-order valence-electron chi connectivity index (χ2n) is 7.99. The Morgan fingerprint density at radius 1 is 0.968 bits per heavy atom. The summed E-state index contributed by atoms with van der Waals surface area (Å²) < 4.78 is 11.9. The van der Waals surface area contributed by atoms with Crippen molar-refractivity contribution in [2.24, 2.45) is 17.0 Å². The van der Waals surface area contributed by atoms with E-state index in [2.05, 4.69) is 5.16 Å². The van der Waals surface area contributed by atoms with Gasteiger partial charge >= 0.3 is 5.97 Å². The van der Waals surface area contributed by atoms with Gasteiger partial charge < -0.3 is 19.4 Å². The molecule has 0 saturated heterocycles. The van der Waals surface area contributed by atoms with Gasteiger partial charge in [0.05, 0.1) is 13.2 Å². The van der Waals surface area contributed by atoms with E-state index in [1.807, 2.05) is 54.6 Å². The highest BCUT2D eigenvalue weighted by atomic mass is 16.6. The topological polar surface area (TPSA) is 77.3 Å². The van der Waals surface area contributed by atoms with Gasteiger partial charge in [-0.3, -0.25) is 4.79 Å². The number of aliphatic carboxylic acids is 1. The number of ether oxygens (including phenoxy) is 2. The highest BCUT2D eigenvalue weighted by molar-refractivity contribution is 5.93. The molecule has 6 nitrogen and oxygen atoms in total. The third-order valence-electron chi connectivity index (χ3n) is 5.65. The molecule has 1 fully saturated rings. The number of hydrogen-bond donors (Lipinski definition) is 1. The summed E-state index contributed by atoms with van der Waals surface area (Å²) in [7, 11) is 1.53. The van der Waals surface area contributed by atoms with E-state index < -0.39 is 5.97 Å². The number of nitrogens with zero attached hydrogens (tertiary/aromatic N) is 1. The summed E-state index contributed by atoms with van der Waals surface area (Å²) in [6.07, 6.45) is 5.15. The SMILES string of the molecule is CO/N=C(\OCC1CCC(COc2ccc(CCC(=O)O)cc2)CC1)c1ccccc1. The minimum atomic E-state index is -0.774. The van der Waals surface area contributed by atoms with E-state index in [1.54, 1.807) is 0 Å². The fourth-order valence-corrected chi connectivity index (χ4v) is 3.81. The van der Waals surface area contributed by atoms with Crippen molar-refractivity contribution in [1.82, 2.24) is 0 Å². The Labute approximate surface area is 183 Å². The molecule has 1 saturated carbocycles. The van der Waals surface area contributed by atoms with Crippen LogP contribution >= 0.6 is 0 Å². The molecular formula is C25H31NO5. The van der Waals surface area contributed by atoms with Gasteiger partial charge in [-0.1, -0.05) is 30.3 Å². The highest BCUT2D eigenvalue weighted by Crippen LogP contribution is 2.30. The Balaban J connectivity index is 1.37. The van der Waals surface area contributed by atoms with Crippen LogP contribution in [0.4, 0.5) is 0 Å². The molecule has 0 amide bonds. The molecule has 0 atom stereocenters. The van der Waals surface area contributed by atoms with Gasteiger partial charge in [-0.15, -0.1) is 0 Å². The Kier molecular flexibility index (Phi) is 8.76. The standard InChI is InChI=1S/C25H31NO5/c1-29-26-25(22-5-3-2-4-6-22)31-18-21-9-7-20(8-10-21)17-30-23-14-11-19(12-15-23)13-16-24(27)28/h2-6,11-12,14-15,20-21H,7-10,13,16-18H2,1H3,(H,27,28)/b26-25-. The predicted molar refractivity (Wildman–Crippen MR) is 119 cm³/mol. The molecule has 0 spiro atoms. The maximum absolute atomic E-state index is 10.7. The zero-order valence-electron chi connectivity index (χ0n) is 18.0. The first-order valence-corrected chi connectivity index (χ1v) is 10.9. The van der Waals surface area contributed by atoms with Crippen molar-refractivity contribution in [2.45, 2.75) is 38.5 Å². The molecule has 3 rings (SSSR count). The number of benzene rings is 2. The van der Waals surface area contributed by atoms with Gasteiger partial charge in [-0.2, -0.15) is 0 Å². The minimum absolute atomic E-state index is 0.150. The van der Waals surface area contributed by atoms with Crippen molar-refractivity contribution in [3.05, 3.63) is 65.7 Å². The summed E-state index contributed by atoms with van der Waals surface area (Å²) in [6, 6.07) is 17.5. The lowest BCUT2D eigenvalue weighted by atomic mass is 9.83. The summed E-state index contributed by atoms with van der Waals surface area (Å²) in [6.45, 7) is 1.35. The molecule has 1 N–H and O–H groups in total. The highest BCUT2D eigenvalue weighted by Gasteiger charge is 2.23. The van der Waals surface area contributed by atoms with Crippen LogP contribution in [0.25, 0.3) is 0 Å². The lowest BCUT2D eigenvalue weighted by Gasteiger charge is -2.28. The first kappa shape index (κ1) is 22.7. The number of hydrogen-bond acceptors (Lipinski definition) is 5. The van der Waals surface area contributed by atoms with Crippen LogP contribution in [0, 0.1) is 11.8 Å². The van der Waals surface area contributed by atoms with E-state index in [9.17, 15) is 4.79 Å². The summed E-state index contributed by atoms with van der Waals surface area (Å²) >= 11 is 0. The summed E-state index contributed by atoms with van der Waals surface area (Å²) in [4.78, 5) is 15.6. The fraction of sp³-hybridized carbons (Fsp3) is 0.440. The third kappa shape index (κ3) is 7.63. The van der Waals surface area contributed by atoms with Crippen LogP contribution in [0.3, 0.4) is 0 Å². The molecule has 0 aliphatic heterocycles. The minimum Gasteiger partial charge on any atom is -0.493 e. The van der Waals surface area contributed by atoms with Gasteiger partial charge in [0.15, 0.2) is 0 Å². The molecule has 0 bridgehead atoms. The molecule has 1 aliphatic rings. The first-order valence-electron chi connectivity index (χ1n) is 10.9. The Hall–Kier alpha value is -3.02. The van der Waals surface area contributed by atoms with Gasteiger partial charge in [0, 0.05) is 12.0 Å². The second-order valence-corrected chi connectivity index (χ2v) is 7.99. The van der Waals surface area contributed by atoms with Crippen molar-refractivity contribution in [1.29, 1.82) is 0 Å². The van der Waals surface area contributed by atoms with Crippen LogP contribution in [0.1, 0.15) is 43.2 Å². The van der Waals surface area contributed by atoms with E-state index in [4.69, 9.17) is 19.4 Å². The third-order valence-corrected chi connectivity index (χ3v) is 5.65. The van der Waals surface area contributed by atoms with Gasteiger partial charge in [0.2, 0.25) is 0 Å². The lowest BCUT2D eigenvalue weighted by molar-refractivity contribution is -0.136. The summed E-state index contributed by atoms with van der Waals surface area (Å²) in [5, 5.41) is 12.8. The quantitative estimate of drug-likeness (QED) is 0.332. The maximum atomic E-state index is 10.7.